The molecule has 0 spiro atoms. The van der Waals surface area contributed by atoms with Gasteiger partial charge in [0.05, 0.1) is 11.1 Å². The van der Waals surface area contributed by atoms with Crippen molar-refractivity contribution in [1.82, 2.24) is 0 Å². The fourth-order valence-electron chi connectivity index (χ4n) is 11.2. The Morgan fingerprint density at radius 2 is 0.727 bits per heavy atom. The molecule has 0 radical (unpaired) electrons. The van der Waals surface area contributed by atoms with Crippen molar-refractivity contribution in [2.45, 2.75) is 24.7 Å². The van der Waals surface area contributed by atoms with Gasteiger partial charge < -0.3 is 9.80 Å². The minimum atomic E-state index is -0.519. The summed E-state index contributed by atoms with van der Waals surface area (Å²) < 4.78 is 0. The Hall–Kier alpha value is -8.20. The first-order valence-electron chi connectivity index (χ1n) is 23.0. The summed E-state index contributed by atoms with van der Waals surface area (Å²) in [4.78, 5) is 4.88. The van der Waals surface area contributed by atoms with E-state index in [-0.39, 0.29) is 5.41 Å². The van der Waals surface area contributed by atoms with E-state index in [0.717, 1.165) is 34.1 Å². The van der Waals surface area contributed by atoms with Gasteiger partial charge in [-0.25, -0.2) is 0 Å². The largest absolute Gasteiger partial charge is 0.310 e. The maximum absolute atomic E-state index is 2.46. The summed E-state index contributed by atoms with van der Waals surface area (Å²) in [5.74, 6) is 0. The highest BCUT2D eigenvalue weighted by Crippen LogP contribution is 2.57. The molecule has 2 nitrogen and oxygen atoms in total. The summed E-state index contributed by atoms with van der Waals surface area (Å²) in [6, 6.07) is 93.7. The first-order valence-corrected chi connectivity index (χ1v) is 23.0. The average Bonchev–Trinajstić information content (AvgIpc) is 3.82. The van der Waals surface area contributed by atoms with Crippen molar-refractivity contribution in [1.29, 1.82) is 0 Å². The highest BCUT2D eigenvalue weighted by atomic mass is 15.2. The maximum atomic E-state index is 2.46. The fraction of sp³-hybridized carbons (Fsp3) is 0.0625. The van der Waals surface area contributed by atoms with Crippen molar-refractivity contribution in [3.63, 3.8) is 0 Å². The van der Waals surface area contributed by atoms with Crippen LogP contribution in [0.2, 0.25) is 0 Å². The van der Waals surface area contributed by atoms with Gasteiger partial charge in [0.15, 0.2) is 0 Å². The van der Waals surface area contributed by atoms with Gasteiger partial charge in [0, 0.05) is 39.4 Å². The van der Waals surface area contributed by atoms with Crippen LogP contribution in [0.1, 0.15) is 47.2 Å². The van der Waals surface area contributed by atoms with Crippen LogP contribution in [0.3, 0.4) is 0 Å². The number of anilines is 6. The molecule has 66 heavy (non-hydrogen) atoms. The second kappa shape index (κ2) is 15.8. The first kappa shape index (κ1) is 39.4. The Labute approximate surface area is 388 Å². The van der Waals surface area contributed by atoms with E-state index in [1.165, 1.54) is 66.8 Å². The van der Waals surface area contributed by atoms with E-state index in [4.69, 9.17) is 0 Å². The lowest BCUT2D eigenvalue weighted by Crippen LogP contribution is -2.28. The number of para-hydroxylation sites is 1. The normalized spacial score (nSPS) is 13.5. The van der Waals surface area contributed by atoms with Crippen LogP contribution < -0.4 is 9.80 Å². The number of hydrogen-bond acceptors (Lipinski definition) is 2. The predicted octanol–water partition coefficient (Wildman–Crippen LogP) is 17.0. The number of hydrogen-bond donors (Lipinski definition) is 0. The molecule has 0 aromatic heterocycles. The van der Waals surface area contributed by atoms with Crippen LogP contribution in [-0.4, -0.2) is 0 Å². The van der Waals surface area contributed by atoms with Crippen molar-refractivity contribution in [3.8, 4) is 33.4 Å². The highest BCUT2D eigenvalue weighted by Gasteiger charge is 2.46. The van der Waals surface area contributed by atoms with Gasteiger partial charge in [-0.15, -0.1) is 0 Å². The van der Waals surface area contributed by atoms with Gasteiger partial charge >= 0.3 is 0 Å². The van der Waals surface area contributed by atoms with Crippen LogP contribution >= 0.6 is 0 Å². The summed E-state index contributed by atoms with van der Waals surface area (Å²) >= 11 is 0. The number of rotatable bonds is 9. The van der Waals surface area contributed by atoms with E-state index in [0.29, 0.717) is 0 Å². The van der Waals surface area contributed by atoms with Gasteiger partial charge in [-0.1, -0.05) is 208 Å². The second-order valence-corrected chi connectivity index (χ2v) is 18.1. The fourth-order valence-corrected chi connectivity index (χ4v) is 11.2. The molecule has 0 heterocycles. The van der Waals surface area contributed by atoms with Gasteiger partial charge in [0.2, 0.25) is 0 Å². The van der Waals surface area contributed by atoms with Crippen LogP contribution in [0.4, 0.5) is 34.1 Å². The molecule has 0 unspecified atom stereocenters. The van der Waals surface area contributed by atoms with E-state index in [9.17, 15) is 0 Å². The van der Waals surface area contributed by atoms with E-state index >= 15 is 0 Å². The Balaban J connectivity index is 1.06. The maximum Gasteiger partial charge on any atom is 0.0714 e. The predicted molar refractivity (Wildman–Crippen MR) is 276 cm³/mol. The minimum absolute atomic E-state index is 0.140. The third-order valence-corrected chi connectivity index (χ3v) is 14.1. The molecule has 10 aromatic rings. The van der Waals surface area contributed by atoms with Crippen LogP contribution in [-0.2, 0) is 10.8 Å². The summed E-state index contributed by atoms with van der Waals surface area (Å²) in [6.07, 6.45) is 0. The topological polar surface area (TPSA) is 6.48 Å². The third-order valence-electron chi connectivity index (χ3n) is 14.1. The van der Waals surface area contributed by atoms with Gasteiger partial charge in [-0.05, 0) is 122 Å². The molecule has 2 aliphatic rings. The number of nitrogens with zero attached hydrogens (tertiary/aromatic N) is 2. The highest BCUT2D eigenvalue weighted by molar-refractivity contribution is 5.96. The van der Waals surface area contributed by atoms with Crippen LogP contribution in [0.5, 0.6) is 0 Å². The van der Waals surface area contributed by atoms with Crippen molar-refractivity contribution in [2.24, 2.45) is 0 Å². The molecule has 0 aliphatic heterocycles. The molecule has 314 valence electrons. The van der Waals surface area contributed by atoms with E-state index < -0.39 is 5.41 Å². The molecule has 2 aliphatic carbocycles. The van der Waals surface area contributed by atoms with Crippen LogP contribution in [0.15, 0.2) is 255 Å². The minimum Gasteiger partial charge on any atom is -0.310 e. The standard InChI is InChI=1S/C64H48N2/c1-63(2)57-34-15-14-33-56(57)62-60(63)37-20-38-61(62)66(50-41-39-46(40-42-50)45-21-6-3-7-22-45)53-30-19-29-52(44-53)65(49-26-10-5-11-27-49)51-28-18-25-48(43-51)64(47-23-8-4-9-24-47)58-35-16-12-31-54(58)55-32-13-17-36-59(55)64/h3-44H,1-2H3. The summed E-state index contributed by atoms with van der Waals surface area (Å²) in [5, 5.41) is 0. The number of benzene rings is 10. The molecular formula is C64H48N2. The Morgan fingerprint density at radius 1 is 0.288 bits per heavy atom. The molecule has 10 aromatic carbocycles. The van der Waals surface area contributed by atoms with E-state index in [2.05, 4.69) is 278 Å². The summed E-state index contributed by atoms with van der Waals surface area (Å²) in [5.41, 5.74) is 21.2. The van der Waals surface area contributed by atoms with Gasteiger partial charge in [-0.2, -0.15) is 0 Å². The lowest BCUT2D eigenvalue weighted by Gasteiger charge is -2.35. The molecule has 0 bridgehead atoms. The lowest BCUT2D eigenvalue weighted by molar-refractivity contribution is 0.660. The van der Waals surface area contributed by atoms with Gasteiger partial charge in [0.25, 0.3) is 0 Å². The molecule has 0 saturated carbocycles. The zero-order chi connectivity index (χ0) is 44.2. The number of fused-ring (bicyclic) bond motifs is 6. The average molecular weight is 845 g/mol. The summed E-state index contributed by atoms with van der Waals surface area (Å²) in [6.45, 7) is 4.72. The van der Waals surface area contributed by atoms with Crippen molar-refractivity contribution < 1.29 is 0 Å². The van der Waals surface area contributed by atoms with Crippen LogP contribution in [0.25, 0.3) is 33.4 Å². The van der Waals surface area contributed by atoms with E-state index in [1.54, 1.807) is 0 Å². The Kier molecular flexibility index (Phi) is 9.43. The molecular weight excluding hydrogens is 797 g/mol. The quantitative estimate of drug-likeness (QED) is 0.143. The molecule has 12 rings (SSSR count). The van der Waals surface area contributed by atoms with E-state index in [1.807, 2.05) is 0 Å². The smallest absolute Gasteiger partial charge is 0.0714 e. The monoisotopic (exact) mass is 844 g/mol. The molecule has 0 N–H and O–H groups in total. The van der Waals surface area contributed by atoms with Crippen LogP contribution in [0, 0.1) is 0 Å². The van der Waals surface area contributed by atoms with Crippen molar-refractivity contribution in [3.05, 3.63) is 288 Å². The Morgan fingerprint density at radius 3 is 1.39 bits per heavy atom. The summed E-state index contributed by atoms with van der Waals surface area (Å²) in [7, 11) is 0. The Bertz CT molecular complexity index is 3340. The lowest BCUT2D eigenvalue weighted by atomic mass is 9.67. The third kappa shape index (κ3) is 6.17. The molecule has 0 saturated heterocycles. The second-order valence-electron chi connectivity index (χ2n) is 18.1. The van der Waals surface area contributed by atoms with Gasteiger partial charge in [-0.3, -0.25) is 0 Å². The van der Waals surface area contributed by atoms with Crippen molar-refractivity contribution in [2.75, 3.05) is 9.80 Å². The zero-order valence-electron chi connectivity index (χ0n) is 37.1. The molecule has 2 heteroatoms. The molecule has 0 amide bonds. The molecule has 0 atom stereocenters. The van der Waals surface area contributed by atoms with Gasteiger partial charge in [0.1, 0.15) is 0 Å². The molecule has 0 fully saturated rings. The SMILES string of the molecule is CC1(C)c2ccccc2-c2c(N(c3ccc(-c4ccccc4)cc3)c3cccc(N(c4ccccc4)c4cccc(C5(c6ccccc6)c6ccccc6-c6ccccc65)c4)c3)cccc21. The first-order chi connectivity index (χ1) is 32.5. The van der Waals surface area contributed by atoms with Crippen molar-refractivity contribution >= 4 is 34.1 Å². The zero-order valence-corrected chi connectivity index (χ0v) is 37.1.